The van der Waals surface area contributed by atoms with Gasteiger partial charge in [-0.05, 0) is 48.9 Å². The van der Waals surface area contributed by atoms with E-state index < -0.39 is 16.9 Å². The zero-order valence-corrected chi connectivity index (χ0v) is 20.3. The predicted octanol–water partition coefficient (Wildman–Crippen LogP) is 4.47. The molecule has 1 unspecified atom stereocenters. The lowest BCUT2D eigenvalue weighted by atomic mass is 9.92. The van der Waals surface area contributed by atoms with Gasteiger partial charge in [-0.3, -0.25) is 14.9 Å². The fourth-order valence-electron chi connectivity index (χ4n) is 4.87. The van der Waals surface area contributed by atoms with Crippen LogP contribution in [0.2, 0.25) is 0 Å². The number of esters is 1. The number of anilines is 2. The van der Waals surface area contributed by atoms with Crippen molar-refractivity contribution in [3.63, 3.8) is 0 Å². The van der Waals surface area contributed by atoms with Gasteiger partial charge < -0.3 is 15.0 Å². The summed E-state index contributed by atoms with van der Waals surface area (Å²) in [7, 11) is 1.33. The number of nitro benzene ring substituents is 1. The number of carbonyl (C=O) groups excluding carboxylic acids is 2. The van der Waals surface area contributed by atoms with Gasteiger partial charge in [0.1, 0.15) is 0 Å². The van der Waals surface area contributed by atoms with E-state index in [1.54, 1.807) is 28.9 Å². The van der Waals surface area contributed by atoms with Crippen LogP contribution < -0.4 is 10.2 Å². The summed E-state index contributed by atoms with van der Waals surface area (Å²) in [6.07, 6.45) is 0. The number of para-hydroxylation sites is 2. The minimum absolute atomic E-state index is 0.0455. The van der Waals surface area contributed by atoms with Crippen LogP contribution in [0.3, 0.4) is 0 Å². The van der Waals surface area contributed by atoms with Crippen LogP contribution in [0, 0.1) is 17.0 Å². The summed E-state index contributed by atoms with van der Waals surface area (Å²) in [6.45, 7) is 1.85. The molecule has 2 aliphatic heterocycles. The van der Waals surface area contributed by atoms with Gasteiger partial charge in [-0.25, -0.2) is 14.5 Å². The Morgan fingerprint density at radius 1 is 1.05 bits per heavy atom. The number of hydrogen-bond acceptors (Lipinski definition) is 8. The van der Waals surface area contributed by atoms with Crippen LogP contribution in [0.5, 0.6) is 0 Å². The van der Waals surface area contributed by atoms with Crippen LogP contribution in [0.25, 0.3) is 5.69 Å². The normalized spacial score (nSPS) is 15.5. The molecule has 0 radical (unpaired) electrons. The molecule has 3 heterocycles. The zero-order chi connectivity index (χ0) is 26.6. The fraction of sp³-hybridized carbons (Fsp3) is 0.111. The molecule has 0 saturated heterocycles. The Morgan fingerprint density at radius 3 is 2.45 bits per heavy atom. The number of amidine groups is 1. The maximum atomic E-state index is 13.3. The molecule has 4 aromatic rings. The number of nitrogens with zero attached hydrogens (tertiary/aromatic N) is 5. The molecule has 0 aliphatic carbocycles. The van der Waals surface area contributed by atoms with Crippen molar-refractivity contribution in [1.29, 1.82) is 0 Å². The second-order valence-electron chi connectivity index (χ2n) is 8.80. The summed E-state index contributed by atoms with van der Waals surface area (Å²) in [5.41, 5.74) is 4.58. The molecule has 0 spiro atoms. The van der Waals surface area contributed by atoms with Crippen molar-refractivity contribution in [3.05, 3.63) is 105 Å². The molecule has 2 aliphatic rings. The van der Waals surface area contributed by atoms with Crippen LogP contribution in [0.15, 0.2) is 77.8 Å². The van der Waals surface area contributed by atoms with E-state index in [4.69, 9.17) is 14.8 Å². The van der Waals surface area contributed by atoms with Gasteiger partial charge in [0.2, 0.25) is 5.84 Å². The SMILES string of the molecule is COC(=O)c1ccc(C2c3c(C)nn(-c4ccc([N+](=O)[O-])cc4)c3N=C3C(=O)Nc4ccccc4N32)cc1. The number of nitro groups is 1. The molecule has 11 heteroatoms. The quantitative estimate of drug-likeness (QED) is 0.244. The summed E-state index contributed by atoms with van der Waals surface area (Å²) in [6, 6.07) is 19.9. The number of fused-ring (bicyclic) bond motifs is 4. The molecule has 0 saturated carbocycles. The molecule has 11 nitrogen and oxygen atoms in total. The Hall–Kier alpha value is -5.32. The second-order valence-corrected chi connectivity index (χ2v) is 8.80. The van der Waals surface area contributed by atoms with Gasteiger partial charge in [0.05, 0.1) is 46.4 Å². The molecule has 1 amide bonds. The molecule has 38 heavy (non-hydrogen) atoms. The third-order valence-electron chi connectivity index (χ3n) is 6.62. The van der Waals surface area contributed by atoms with E-state index in [1.165, 1.54) is 19.2 Å². The van der Waals surface area contributed by atoms with Crippen LogP contribution in [0.1, 0.15) is 33.2 Å². The van der Waals surface area contributed by atoms with E-state index in [9.17, 15) is 19.7 Å². The van der Waals surface area contributed by atoms with E-state index in [0.29, 0.717) is 28.5 Å². The summed E-state index contributed by atoms with van der Waals surface area (Å²) >= 11 is 0. The summed E-state index contributed by atoms with van der Waals surface area (Å²) in [5, 5.41) is 18.8. The van der Waals surface area contributed by atoms with E-state index in [1.807, 2.05) is 48.2 Å². The third-order valence-corrected chi connectivity index (χ3v) is 6.62. The molecule has 1 aromatic heterocycles. The van der Waals surface area contributed by atoms with E-state index in [0.717, 1.165) is 16.8 Å². The lowest BCUT2D eigenvalue weighted by molar-refractivity contribution is -0.384. The number of aryl methyl sites for hydroxylation is 1. The molecule has 6 rings (SSSR count). The molecule has 3 aromatic carbocycles. The number of methoxy groups -OCH3 is 1. The van der Waals surface area contributed by atoms with Crippen molar-refractivity contribution in [2.45, 2.75) is 13.0 Å². The van der Waals surface area contributed by atoms with Gasteiger partial charge in [0.25, 0.3) is 11.6 Å². The van der Waals surface area contributed by atoms with Crippen LogP contribution in [-0.4, -0.2) is 39.5 Å². The van der Waals surface area contributed by atoms with Crippen molar-refractivity contribution in [2.75, 3.05) is 17.3 Å². The number of amides is 1. The Balaban J connectivity index is 1.58. The maximum absolute atomic E-state index is 13.3. The van der Waals surface area contributed by atoms with Crippen molar-refractivity contribution in [2.24, 2.45) is 4.99 Å². The second kappa shape index (κ2) is 8.66. The van der Waals surface area contributed by atoms with E-state index in [2.05, 4.69) is 5.32 Å². The van der Waals surface area contributed by atoms with Crippen molar-refractivity contribution >= 4 is 40.6 Å². The Morgan fingerprint density at radius 2 is 1.76 bits per heavy atom. The molecule has 0 bridgehead atoms. The number of nitrogens with one attached hydrogen (secondary N) is 1. The summed E-state index contributed by atoms with van der Waals surface area (Å²) < 4.78 is 6.43. The summed E-state index contributed by atoms with van der Waals surface area (Å²) in [5.74, 6) is -0.201. The lowest BCUT2D eigenvalue weighted by Gasteiger charge is -2.40. The van der Waals surface area contributed by atoms with Gasteiger partial charge in [-0.15, -0.1) is 0 Å². The number of aromatic nitrogens is 2. The molecule has 0 fully saturated rings. The fourth-order valence-corrected chi connectivity index (χ4v) is 4.87. The first-order valence-corrected chi connectivity index (χ1v) is 11.7. The van der Waals surface area contributed by atoms with Gasteiger partial charge in [0, 0.05) is 17.7 Å². The maximum Gasteiger partial charge on any atom is 0.337 e. The molecular weight excluding hydrogens is 488 g/mol. The Kier molecular flexibility index (Phi) is 5.26. The number of non-ortho nitro benzene ring substituents is 1. The predicted molar refractivity (Wildman–Crippen MR) is 139 cm³/mol. The Labute approximate surface area is 216 Å². The van der Waals surface area contributed by atoms with Gasteiger partial charge in [0.15, 0.2) is 5.82 Å². The largest absolute Gasteiger partial charge is 0.465 e. The smallest absolute Gasteiger partial charge is 0.337 e. The molecular formula is C27H20N6O5. The number of benzene rings is 3. The first kappa shape index (κ1) is 23.1. The van der Waals surface area contributed by atoms with Crippen LogP contribution in [0.4, 0.5) is 22.9 Å². The average Bonchev–Trinajstić information content (AvgIpc) is 3.27. The highest BCUT2D eigenvalue weighted by Gasteiger charge is 2.42. The van der Waals surface area contributed by atoms with E-state index in [-0.39, 0.29) is 17.4 Å². The first-order valence-electron chi connectivity index (χ1n) is 11.7. The number of rotatable bonds is 4. The van der Waals surface area contributed by atoms with Gasteiger partial charge in [-0.1, -0.05) is 24.3 Å². The highest BCUT2D eigenvalue weighted by molar-refractivity contribution is 6.50. The number of carbonyl (C=O) groups is 2. The minimum atomic E-state index is -0.497. The van der Waals surface area contributed by atoms with Crippen molar-refractivity contribution in [3.8, 4) is 5.69 Å². The molecule has 1 N–H and O–H groups in total. The lowest BCUT2D eigenvalue weighted by Crippen LogP contribution is -2.48. The van der Waals surface area contributed by atoms with Crippen molar-refractivity contribution < 1.29 is 19.2 Å². The Bertz CT molecular complexity index is 1660. The molecule has 188 valence electrons. The van der Waals surface area contributed by atoms with E-state index >= 15 is 0 Å². The molecule has 1 atom stereocenters. The van der Waals surface area contributed by atoms with Crippen LogP contribution >= 0.6 is 0 Å². The number of ether oxygens (including phenoxy) is 1. The van der Waals surface area contributed by atoms with Crippen LogP contribution in [-0.2, 0) is 9.53 Å². The van der Waals surface area contributed by atoms with Crippen molar-refractivity contribution in [1.82, 2.24) is 9.78 Å². The average molecular weight is 508 g/mol. The summed E-state index contributed by atoms with van der Waals surface area (Å²) in [4.78, 5) is 42.7. The van der Waals surface area contributed by atoms with Gasteiger partial charge in [-0.2, -0.15) is 5.10 Å². The zero-order valence-electron chi connectivity index (χ0n) is 20.3. The van der Waals surface area contributed by atoms with Gasteiger partial charge >= 0.3 is 5.97 Å². The minimum Gasteiger partial charge on any atom is -0.465 e. The topological polar surface area (TPSA) is 132 Å². The highest BCUT2D eigenvalue weighted by atomic mass is 16.6. The highest BCUT2D eigenvalue weighted by Crippen LogP contribution is 2.47. The number of aliphatic imine (C=N–C) groups is 1. The monoisotopic (exact) mass is 508 g/mol. The standard InChI is InChI=1S/C27H20N6O5/c1-15-22-23(16-7-9-17(10-8-16)27(35)38-2)31-21-6-4-3-5-20(21)28-26(34)25(31)29-24(22)32(30-15)18-11-13-19(14-12-18)33(36)37/h3-14,23H,1-2H3,(H,28,34). The third kappa shape index (κ3) is 3.52. The first-order chi connectivity index (χ1) is 18.4. The number of hydrogen-bond donors (Lipinski definition) is 1.